The van der Waals surface area contributed by atoms with E-state index in [4.69, 9.17) is 0 Å². The summed E-state index contributed by atoms with van der Waals surface area (Å²) < 4.78 is 0. The van der Waals surface area contributed by atoms with Gasteiger partial charge in [0.25, 0.3) is 0 Å². The zero-order valence-electron chi connectivity index (χ0n) is 1.89. The minimum absolute atomic E-state index is 0. The molecule has 0 radical (unpaired) electrons. The van der Waals surface area contributed by atoms with Crippen molar-refractivity contribution >= 4 is 25.8 Å². The molecule has 0 fully saturated rings. The first-order valence-electron chi connectivity index (χ1n) is 0. The Labute approximate surface area is 62.5 Å². The summed E-state index contributed by atoms with van der Waals surface area (Å²) in [7, 11) is 0. The Morgan fingerprint density at radius 3 is 0.750 bits per heavy atom. The molecule has 0 rings (SSSR count). The molecule has 0 bridgehead atoms. The molecular formula is InO2Zr+3. The van der Waals surface area contributed by atoms with Gasteiger partial charge >= 0.3 is 52.0 Å². The summed E-state index contributed by atoms with van der Waals surface area (Å²) in [4.78, 5) is 0. The number of hydrogen-bond donors (Lipinski definition) is 0. The van der Waals surface area contributed by atoms with E-state index in [-0.39, 0.29) is 63.0 Å². The molecule has 0 N–H and O–H groups in total. The predicted molar refractivity (Wildman–Crippen MR) is 7.13 cm³/mol. The topological polar surface area (TPSA) is 57.0 Å². The fourth-order valence-corrected chi connectivity index (χ4v) is 0. The Morgan fingerprint density at radius 1 is 0.750 bits per heavy atom. The van der Waals surface area contributed by atoms with Gasteiger partial charge in [-0.05, 0) is 0 Å². The van der Waals surface area contributed by atoms with Crippen LogP contribution in [0.1, 0.15) is 0 Å². The van der Waals surface area contributed by atoms with E-state index in [9.17, 15) is 0 Å². The molecule has 0 aromatic carbocycles. The molecule has 0 aliphatic rings. The van der Waals surface area contributed by atoms with Gasteiger partial charge in [-0.25, -0.2) is 0 Å². The van der Waals surface area contributed by atoms with E-state index in [1.807, 2.05) is 0 Å². The summed E-state index contributed by atoms with van der Waals surface area (Å²) in [6.07, 6.45) is 0. The van der Waals surface area contributed by atoms with E-state index in [0.717, 1.165) is 0 Å². The van der Waals surface area contributed by atoms with Crippen molar-refractivity contribution in [3.8, 4) is 0 Å². The third-order valence-corrected chi connectivity index (χ3v) is 0. The van der Waals surface area contributed by atoms with E-state index in [0.29, 0.717) is 0 Å². The Hall–Kier alpha value is 1.67. The smallest absolute Gasteiger partial charge is 2.00 e. The molecule has 0 aliphatic heterocycles. The van der Waals surface area contributed by atoms with Crippen LogP contribution in [0.3, 0.4) is 0 Å². The van der Waals surface area contributed by atoms with Crippen molar-refractivity contribution < 1.29 is 37.2 Å². The molecule has 0 amide bonds. The van der Waals surface area contributed by atoms with Crippen molar-refractivity contribution in [1.82, 2.24) is 0 Å². The molecule has 4 heavy (non-hydrogen) atoms. The molecule has 0 aliphatic carbocycles. The second-order valence-corrected chi connectivity index (χ2v) is 0. The minimum Gasteiger partial charge on any atom is -2.00 e. The molecule has 0 unspecified atom stereocenters. The van der Waals surface area contributed by atoms with Gasteiger partial charge in [-0.2, -0.15) is 0 Å². The molecule has 0 saturated heterocycles. The van der Waals surface area contributed by atoms with Crippen LogP contribution >= 0.6 is 0 Å². The van der Waals surface area contributed by atoms with Crippen molar-refractivity contribution in [2.75, 3.05) is 0 Å². The summed E-state index contributed by atoms with van der Waals surface area (Å²) in [5, 5.41) is 0. The van der Waals surface area contributed by atoms with E-state index in [1.54, 1.807) is 0 Å². The van der Waals surface area contributed by atoms with Crippen LogP contribution in [0.2, 0.25) is 0 Å². The van der Waals surface area contributed by atoms with Gasteiger partial charge in [0.15, 0.2) is 0 Å². The van der Waals surface area contributed by atoms with Crippen molar-refractivity contribution in [1.29, 1.82) is 0 Å². The van der Waals surface area contributed by atoms with Gasteiger partial charge in [0.2, 0.25) is 0 Å². The summed E-state index contributed by atoms with van der Waals surface area (Å²) in [6, 6.07) is 0. The molecule has 0 aromatic rings. The quantitative estimate of drug-likeness (QED) is 0.540. The zero-order chi connectivity index (χ0) is 0. The largest absolute Gasteiger partial charge is 4.00 e. The van der Waals surface area contributed by atoms with E-state index in [2.05, 4.69) is 0 Å². The second kappa shape index (κ2) is 22.5. The van der Waals surface area contributed by atoms with Crippen LogP contribution < -0.4 is 0 Å². The van der Waals surface area contributed by atoms with Crippen LogP contribution in [0.15, 0.2) is 0 Å². The monoisotopic (exact) mass is 237 g/mol. The summed E-state index contributed by atoms with van der Waals surface area (Å²) in [5.41, 5.74) is 0. The Morgan fingerprint density at radius 2 is 0.750 bits per heavy atom. The van der Waals surface area contributed by atoms with Gasteiger partial charge in [0.1, 0.15) is 0 Å². The Balaban J connectivity index is 0. The molecule has 0 heterocycles. The fraction of sp³-hybridized carbons (Fsp3) is 0. The van der Waals surface area contributed by atoms with E-state index < -0.39 is 0 Å². The van der Waals surface area contributed by atoms with Gasteiger partial charge in [0.05, 0.1) is 0 Å². The van der Waals surface area contributed by atoms with Gasteiger partial charge in [-0.3, -0.25) is 0 Å². The molecule has 0 aromatic heterocycles. The maximum Gasteiger partial charge on any atom is 4.00 e. The standard InChI is InChI=1S/In.2O.Zr/q+3;2*-2;+4. The Kier molecular flexibility index (Phi) is 249. The number of rotatable bonds is 0. The summed E-state index contributed by atoms with van der Waals surface area (Å²) >= 11 is 0. The van der Waals surface area contributed by atoms with Gasteiger partial charge in [-0.1, -0.05) is 0 Å². The van der Waals surface area contributed by atoms with Crippen LogP contribution in [-0.2, 0) is 37.2 Å². The van der Waals surface area contributed by atoms with Crippen molar-refractivity contribution in [3.63, 3.8) is 0 Å². The predicted octanol–water partition coefficient (Wildman–Crippen LogP) is -0.621. The molecule has 2 nitrogen and oxygen atoms in total. The molecule has 0 atom stereocenters. The van der Waals surface area contributed by atoms with Crippen molar-refractivity contribution in [3.05, 3.63) is 0 Å². The minimum atomic E-state index is 0. The van der Waals surface area contributed by atoms with E-state index >= 15 is 0 Å². The molecule has 0 saturated carbocycles. The van der Waals surface area contributed by atoms with Gasteiger partial charge < -0.3 is 11.0 Å². The second-order valence-electron chi connectivity index (χ2n) is 0. The zero-order valence-corrected chi connectivity index (χ0v) is 7.65. The third-order valence-electron chi connectivity index (χ3n) is 0. The maximum absolute atomic E-state index is 0. The average molecular weight is 238 g/mol. The molecular weight excluding hydrogens is 238 g/mol. The molecule has 0 spiro atoms. The summed E-state index contributed by atoms with van der Waals surface area (Å²) in [6.45, 7) is 0. The molecule has 4 heteroatoms. The normalized spacial score (nSPS) is 0. The van der Waals surface area contributed by atoms with Crippen LogP contribution in [0.5, 0.6) is 0 Å². The number of hydrogen-bond acceptors (Lipinski definition) is 0. The van der Waals surface area contributed by atoms with E-state index in [1.165, 1.54) is 0 Å². The van der Waals surface area contributed by atoms with Crippen molar-refractivity contribution in [2.24, 2.45) is 0 Å². The first-order valence-corrected chi connectivity index (χ1v) is 0. The van der Waals surface area contributed by atoms with Crippen molar-refractivity contribution in [2.45, 2.75) is 0 Å². The van der Waals surface area contributed by atoms with Crippen LogP contribution in [0.25, 0.3) is 0 Å². The third kappa shape index (κ3) is 9.38. The van der Waals surface area contributed by atoms with Crippen LogP contribution in [0, 0.1) is 0 Å². The summed E-state index contributed by atoms with van der Waals surface area (Å²) in [5.74, 6) is 0. The molecule has 16 valence electrons. The first kappa shape index (κ1) is 44.3. The van der Waals surface area contributed by atoms with Crippen LogP contribution in [-0.4, -0.2) is 25.8 Å². The van der Waals surface area contributed by atoms with Gasteiger partial charge in [-0.15, -0.1) is 0 Å². The van der Waals surface area contributed by atoms with Gasteiger partial charge in [0, 0.05) is 0 Å². The maximum atomic E-state index is 0. The average Bonchev–Trinajstić information content (AvgIpc) is 0. The van der Waals surface area contributed by atoms with Crippen LogP contribution in [0.4, 0.5) is 0 Å². The SMILES string of the molecule is [In+3].[O-2].[O-2].[Zr+4]. The Bertz CT molecular complexity index is 6.00. The first-order chi connectivity index (χ1) is 0. The fourth-order valence-electron chi connectivity index (χ4n) is 0.